The van der Waals surface area contributed by atoms with Gasteiger partial charge in [-0.1, -0.05) is 30.3 Å². The van der Waals surface area contributed by atoms with Gasteiger partial charge in [0.25, 0.3) is 5.56 Å². The molecule has 0 radical (unpaired) electrons. The molecule has 0 bridgehead atoms. The molecule has 2 heterocycles. The Bertz CT molecular complexity index is 870. The molecule has 0 spiro atoms. The fourth-order valence-corrected chi connectivity index (χ4v) is 2.90. The lowest BCUT2D eigenvalue weighted by Gasteiger charge is -2.17. The van der Waals surface area contributed by atoms with E-state index in [0.29, 0.717) is 12.0 Å². The van der Waals surface area contributed by atoms with Gasteiger partial charge in [0.05, 0.1) is 12.7 Å². The minimum Gasteiger partial charge on any atom is -0.352 e. The Morgan fingerprint density at radius 1 is 1.28 bits per heavy atom. The van der Waals surface area contributed by atoms with Gasteiger partial charge in [0, 0.05) is 18.0 Å². The highest BCUT2D eigenvalue weighted by atomic mass is 16.6. The van der Waals surface area contributed by atoms with E-state index in [0.717, 1.165) is 16.6 Å². The van der Waals surface area contributed by atoms with Crippen molar-refractivity contribution < 1.29 is 9.57 Å². The van der Waals surface area contributed by atoms with E-state index in [1.807, 2.05) is 30.3 Å². The largest absolute Gasteiger partial charge is 0.352 e. The average molecular weight is 343 g/mol. The van der Waals surface area contributed by atoms with Crippen molar-refractivity contribution in [2.75, 3.05) is 6.61 Å². The van der Waals surface area contributed by atoms with Crippen molar-refractivity contribution in [2.24, 2.45) is 5.90 Å². The van der Waals surface area contributed by atoms with Crippen LogP contribution in [-0.4, -0.2) is 21.8 Å². The van der Waals surface area contributed by atoms with E-state index in [1.165, 1.54) is 10.8 Å². The van der Waals surface area contributed by atoms with Crippen LogP contribution in [0.25, 0.3) is 12.3 Å². The highest BCUT2D eigenvalue weighted by Crippen LogP contribution is 2.26. The summed E-state index contributed by atoms with van der Waals surface area (Å²) in [4.78, 5) is 29.7. The summed E-state index contributed by atoms with van der Waals surface area (Å²) >= 11 is 0. The predicted molar refractivity (Wildman–Crippen MR) is 94.6 cm³/mol. The zero-order valence-corrected chi connectivity index (χ0v) is 14.0. The number of ether oxygens (including phenoxy) is 1. The van der Waals surface area contributed by atoms with E-state index in [-0.39, 0.29) is 18.3 Å². The van der Waals surface area contributed by atoms with Gasteiger partial charge in [-0.05, 0) is 31.4 Å². The molecule has 1 fully saturated rings. The van der Waals surface area contributed by atoms with Gasteiger partial charge in [-0.15, -0.1) is 0 Å². The van der Waals surface area contributed by atoms with Gasteiger partial charge < -0.3 is 9.57 Å². The van der Waals surface area contributed by atoms with E-state index < -0.39 is 11.9 Å². The van der Waals surface area contributed by atoms with Crippen LogP contribution < -0.4 is 17.1 Å². The van der Waals surface area contributed by atoms with Crippen molar-refractivity contribution in [2.45, 2.75) is 32.1 Å². The van der Waals surface area contributed by atoms with Crippen LogP contribution in [0.5, 0.6) is 0 Å². The summed E-state index contributed by atoms with van der Waals surface area (Å²) in [6, 6.07) is 9.48. The number of nitrogens with zero attached hydrogens (tertiary/aromatic N) is 2. The molecule has 7 nitrogen and oxygen atoms in total. The van der Waals surface area contributed by atoms with Crippen LogP contribution in [0.3, 0.4) is 0 Å². The zero-order valence-electron chi connectivity index (χ0n) is 14.0. The van der Waals surface area contributed by atoms with E-state index >= 15 is 0 Å². The Morgan fingerprint density at radius 2 is 2.04 bits per heavy atom. The first-order valence-corrected chi connectivity index (χ1v) is 8.15. The highest BCUT2D eigenvalue weighted by Gasteiger charge is 2.28. The van der Waals surface area contributed by atoms with Gasteiger partial charge in [-0.25, -0.2) is 15.3 Å². The first-order valence-electron chi connectivity index (χ1n) is 8.15. The third-order valence-electron chi connectivity index (χ3n) is 4.21. The fourth-order valence-electron chi connectivity index (χ4n) is 2.90. The molecule has 2 atom stereocenters. The maximum absolute atomic E-state index is 12.8. The number of aryl methyl sites for hydroxylation is 1. The molecule has 1 saturated heterocycles. The second kappa shape index (κ2) is 7.60. The first kappa shape index (κ1) is 17.3. The van der Waals surface area contributed by atoms with Crippen molar-refractivity contribution in [1.82, 2.24) is 9.13 Å². The maximum atomic E-state index is 12.8. The molecule has 0 saturated carbocycles. The van der Waals surface area contributed by atoms with E-state index in [1.54, 1.807) is 19.2 Å². The van der Waals surface area contributed by atoms with Gasteiger partial charge >= 0.3 is 5.69 Å². The van der Waals surface area contributed by atoms with Gasteiger partial charge in [0.15, 0.2) is 0 Å². The normalized spacial score (nSPS) is 20.4. The molecule has 1 aliphatic heterocycles. The van der Waals surface area contributed by atoms with E-state index in [9.17, 15) is 9.59 Å². The molecular weight excluding hydrogens is 322 g/mol. The maximum Gasteiger partial charge on any atom is 0.337 e. The lowest BCUT2D eigenvalue weighted by molar-refractivity contribution is -0.0437. The van der Waals surface area contributed by atoms with Crippen LogP contribution in [0.1, 0.15) is 30.2 Å². The van der Waals surface area contributed by atoms with Crippen LogP contribution in [0.2, 0.25) is 0 Å². The molecule has 1 aliphatic rings. The summed E-state index contributed by atoms with van der Waals surface area (Å²) in [5, 5.41) is 0. The third-order valence-corrected chi connectivity index (χ3v) is 4.21. The topological polar surface area (TPSA) is 88.5 Å². The Hall–Kier alpha value is -2.48. The second-order valence-electron chi connectivity index (χ2n) is 6.03. The Balaban J connectivity index is 1.94. The first-order chi connectivity index (χ1) is 12.1. The zero-order chi connectivity index (χ0) is 17.8. The number of nitrogens with two attached hydrogens (primary N) is 1. The number of hydrogen-bond acceptors (Lipinski definition) is 5. The summed E-state index contributed by atoms with van der Waals surface area (Å²) in [5.74, 6) is 5.08. The van der Waals surface area contributed by atoms with Crippen LogP contribution in [0, 0.1) is 6.92 Å². The monoisotopic (exact) mass is 343 g/mol. The van der Waals surface area contributed by atoms with Gasteiger partial charge in [0.2, 0.25) is 0 Å². The molecule has 1 aromatic heterocycles. The van der Waals surface area contributed by atoms with E-state index in [2.05, 4.69) is 4.84 Å². The van der Waals surface area contributed by atoms with Crippen molar-refractivity contribution in [1.29, 1.82) is 0 Å². The average Bonchev–Trinajstić information content (AvgIpc) is 3.08. The van der Waals surface area contributed by atoms with Crippen LogP contribution in [0.4, 0.5) is 0 Å². The van der Waals surface area contributed by atoms with Crippen LogP contribution >= 0.6 is 0 Å². The molecule has 0 aliphatic carbocycles. The summed E-state index contributed by atoms with van der Waals surface area (Å²) < 4.78 is 8.37. The summed E-state index contributed by atoms with van der Waals surface area (Å²) in [5.41, 5.74) is 0.605. The molecule has 0 amide bonds. The van der Waals surface area contributed by atoms with Crippen LogP contribution in [0.15, 0.2) is 46.1 Å². The Morgan fingerprint density at radius 3 is 2.76 bits per heavy atom. The Labute approximate surface area is 144 Å². The quantitative estimate of drug-likeness (QED) is 0.832. The molecule has 3 rings (SSSR count). The molecular formula is C18H21N3O4. The third kappa shape index (κ3) is 3.79. The summed E-state index contributed by atoms with van der Waals surface area (Å²) in [6.45, 7) is 1.96. The minimum absolute atomic E-state index is 0.151. The molecule has 2 N–H and O–H groups in total. The highest BCUT2D eigenvalue weighted by molar-refractivity contribution is 5.60. The van der Waals surface area contributed by atoms with Crippen LogP contribution in [-0.2, 0) is 9.57 Å². The smallest absolute Gasteiger partial charge is 0.337 e. The van der Waals surface area contributed by atoms with Gasteiger partial charge in [0.1, 0.15) is 6.23 Å². The number of aromatic nitrogens is 2. The van der Waals surface area contributed by atoms with Gasteiger partial charge in [-0.3, -0.25) is 9.36 Å². The number of rotatable bonds is 5. The fraction of sp³-hybridized carbons (Fsp3) is 0.333. The standard InChI is InChI=1S/C18H21N3O4/c1-13-11-21(16-8-7-15(25-16)12-24-19)18(23)20(17(13)22)10-9-14-5-3-2-4-6-14/h2-6,9-11,15-16H,7-8,12,19H2,1H3/t15-,16+/m0/s1. The summed E-state index contributed by atoms with van der Waals surface area (Å²) in [6.07, 6.45) is 5.60. The molecule has 0 unspecified atom stereocenters. The number of benzene rings is 1. The number of hydrogen-bond donors (Lipinski definition) is 1. The molecule has 25 heavy (non-hydrogen) atoms. The van der Waals surface area contributed by atoms with Crippen molar-refractivity contribution in [3.8, 4) is 0 Å². The molecule has 132 valence electrons. The van der Waals surface area contributed by atoms with Gasteiger partial charge in [-0.2, -0.15) is 0 Å². The summed E-state index contributed by atoms with van der Waals surface area (Å²) in [7, 11) is 0. The molecule has 7 heteroatoms. The molecule has 1 aromatic carbocycles. The lowest BCUT2D eigenvalue weighted by atomic mass is 10.2. The second-order valence-corrected chi connectivity index (χ2v) is 6.03. The Kier molecular flexibility index (Phi) is 5.28. The molecule has 2 aromatic rings. The lowest BCUT2D eigenvalue weighted by Crippen LogP contribution is -2.39. The van der Waals surface area contributed by atoms with Crippen molar-refractivity contribution in [3.05, 3.63) is 68.5 Å². The van der Waals surface area contributed by atoms with Crippen molar-refractivity contribution >= 4 is 12.3 Å². The minimum atomic E-state index is -0.429. The SMILES string of the molecule is Cc1cn([C@H]2CC[C@@H](CON)O2)c(=O)n(C=Cc2ccccc2)c1=O. The van der Waals surface area contributed by atoms with Crippen molar-refractivity contribution in [3.63, 3.8) is 0 Å². The van der Waals surface area contributed by atoms with E-state index in [4.69, 9.17) is 10.6 Å². The predicted octanol–water partition coefficient (Wildman–Crippen LogP) is 1.51.